The minimum Gasteiger partial charge on any atom is -0.399 e. The molecule has 0 spiro atoms. The van der Waals surface area contributed by atoms with Crippen LogP contribution < -0.4 is 5.73 Å². The first-order valence-electron chi connectivity index (χ1n) is 6.87. The highest BCUT2D eigenvalue weighted by atomic mass is 32.2. The van der Waals surface area contributed by atoms with Crippen LogP contribution in [0.2, 0.25) is 0 Å². The summed E-state index contributed by atoms with van der Waals surface area (Å²) in [5.74, 6) is 1.14. The molecule has 2 rings (SSSR count). The second-order valence-corrected chi connectivity index (χ2v) is 8.59. The first-order chi connectivity index (χ1) is 9.94. The number of nitrogens with two attached hydrogens (primary N) is 1. The van der Waals surface area contributed by atoms with Crippen LogP contribution in [0.5, 0.6) is 0 Å². The summed E-state index contributed by atoms with van der Waals surface area (Å²) in [6.07, 6.45) is 0.186. The Hall–Kier alpha value is -1.21. The van der Waals surface area contributed by atoms with Crippen LogP contribution in [0, 0.1) is 0 Å². The van der Waals surface area contributed by atoms with Gasteiger partial charge in [0.1, 0.15) is 5.37 Å². The fraction of sp³-hybridized carbons (Fsp3) is 0.500. The highest BCUT2D eigenvalue weighted by molar-refractivity contribution is 8.01. The van der Waals surface area contributed by atoms with Crippen LogP contribution in [0.4, 0.5) is 5.69 Å². The number of hydrogen-bond acceptors (Lipinski definition) is 5. The summed E-state index contributed by atoms with van der Waals surface area (Å²) < 4.78 is 24.3. The van der Waals surface area contributed by atoms with Crippen molar-refractivity contribution in [3.8, 4) is 0 Å². The van der Waals surface area contributed by atoms with Crippen LogP contribution in [0.3, 0.4) is 0 Å². The van der Waals surface area contributed by atoms with E-state index in [0.29, 0.717) is 18.0 Å². The maximum Gasteiger partial charge on any atom is 0.228 e. The lowest BCUT2D eigenvalue weighted by molar-refractivity contribution is -0.130. The molecule has 1 fully saturated rings. The molecule has 116 valence electrons. The number of rotatable bonds is 4. The van der Waals surface area contributed by atoms with Gasteiger partial charge in [0.15, 0.2) is 9.84 Å². The van der Waals surface area contributed by atoms with E-state index >= 15 is 0 Å². The molecule has 1 atom stereocenters. The van der Waals surface area contributed by atoms with Gasteiger partial charge in [0.25, 0.3) is 0 Å². The SMILES string of the molecule is CCS(=O)(=O)C1CSCCN1C(=O)Cc1cccc(N)c1. The third-order valence-corrected chi connectivity index (χ3v) is 6.82. The highest BCUT2D eigenvalue weighted by Crippen LogP contribution is 2.22. The number of nitrogen functional groups attached to an aromatic ring is 1. The fourth-order valence-corrected chi connectivity index (χ4v) is 5.32. The Morgan fingerprint density at radius 1 is 1.48 bits per heavy atom. The van der Waals surface area contributed by atoms with Gasteiger partial charge in [0.05, 0.1) is 6.42 Å². The summed E-state index contributed by atoms with van der Waals surface area (Å²) >= 11 is 1.58. The Morgan fingerprint density at radius 3 is 2.90 bits per heavy atom. The molecule has 7 heteroatoms. The van der Waals surface area contributed by atoms with E-state index in [-0.39, 0.29) is 18.1 Å². The smallest absolute Gasteiger partial charge is 0.228 e. The summed E-state index contributed by atoms with van der Waals surface area (Å²) in [6.45, 7) is 2.10. The Labute approximate surface area is 129 Å². The molecule has 1 aliphatic rings. The van der Waals surface area contributed by atoms with Gasteiger partial charge < -0.3 is 10.6 Å². The lowest BCUT2D eigenvalue weighted by Gasteiger charge is -2.34. The van der Waals surface area contributed by atoms with Gasteiger partial charge in [-0.3, -0.25) is 4.79 Å². The standard InChI is InChI=1S/C14H20N2O3S2/c1-2-21(18,19)14-10-20-7-6-16(14)13(17)9-11-4-3-5-12(15)8-11/h3-5,8,14H,2,6-7,9-10,15H2,1H3. The molecule has 1 amide bonds. The van der Waals surface area contributed by atoms with Crippen molar-refractivity contribution < 1.29 is 13.2 Å². The molecule has 0 aromatic heterocycles. The van der Waals surface area contributed by atoms with Gasteiger partial charge in [0.2, 0.25) is 5.91 Å². The Balaban J connectivity index is 2.16. The minimum atomic E-state index is -3.26. The van der Waals surface area contributed by atoms with Crippen molar-refractivity contribution >= 4 is 33.2 Å². The van der Waals surface area contributed by atoms with Gasteiger partial charge in [-0.25, -0.2) is 8.42 Å². The second kappa shape index (κ2) is 6.70. The van der Waals surface area contributed by atoms with Crippen molar-refractivity contribution in [1.29, 1.82) is 0 Å². The first kappa shape index (κ1) is 16.2. The van der Waals surface area contributed by atoms with Crippen molar-refractivity contribution in [3.05, 3.63) is 29.8 Å². The Kier molecular flexibility index (Phi) is 5.16. The molecular weight excluding hydrogens is 308 g/mol. The summed E-state index contributed by atoms with van der Waals surface area (Å²) in [5, 5.41) is -0.699. The number of anilines is 1. The van der Waals surface area contributed by atoms with Crippen molar-refractivity contribution in [2.75, 3.05) is 29.5 Å². The molecule has 1 unspecified atom stereocenters. The number of sulfone groups is 1. The molecule has 21 heavy (non-hydrogen) atoms. The lowest BCUT2D eigenvalue weighted by atomic mass is 10.1. The summed E-state index contributed by atoms with van der Waals surface area (Å²) in [4.78, 5) is 14.0. The normalized spacial score (nSPS) is 19.5. The van der Waals surface area contributed by atoms with E-state index in [1.807, 2.05) is 6.07 Å². The quantitative estimate of drug-likeness (QED) is 0.839. The van der Waals surface area contributed by atoms with Crippen molar-refractivity contribution in [2.45, 2.75) is 18.7 Å². The van der Waals surface area contributed by atoms with Crippen LogP contribution in [0.25, 0.3) is 0 Å². The van der Waals surface area contributed by atoms with E-state index in [4.69, 9.17) is 5.73 Å². The molecule has 1 aliphatic heterocycles. The van der Waals surface area contributed by atoms with E-state index in [2.05, 4.69) is 0 Å². The molecule has 1 aromatic carbocycles. The van der Waals surface area contributed by atoms with Crippen LogP contribution in [-0.4, -0.2) is 48.4 Å². The topological polar surface area (TPSA) is 80.5 Å². The number of nitrogens with zero attached hydrogens (tertiary/aromatic N) is 1. The molecule has 1 aromatic rings. The molecule has 0 saturated carbocycles. The predicted molar refractivity (Wildman–Crippen MR) is 86.8 cm³/mol. The van der Waals surface area contributed by atoms with Crippen molar-refractivity contribution in [1.82, 2.24) is 4.90 Å². The largest absolute Gasteiger partial charge is 0.399 e. The van der Waals surface area contributed by atoms with Crippen LogP contribution in [0.15, 0.2) is 24.3 Å². The molecular formula is C14H20N2O3S2. The number of carbonyl (C=O) groups excluding carboxylic acids is 1. The Morgan fingerprint density at radius 2 is 2.24 bits per heavy atom. The van der Waals surface area contributed by atoms with E-state index in [9.17, 15) is 13.2 Å². The van der Waals surface area contributed by atoms with E-state index < -0.39 is 15.2 Å². The average molecular weight is 328 g/mol. The maximum absolute atomic E-state index is 12.5. The van der Waals surface area contributed by atoms with Crippen LogP contribution in [-0.2, 0) is 21.1 Å². The number of hydrogen-bond donors (Lipinski definition) is 1. The zero-order valence-electron chi connectivity index (χ0n) is 12.0. The molecule has 1 saturated heterocycles. The molecule has 5 nitrogen and oxygen atoms in total. The van der Waals surface area contributed by atoms with E-state index in [1.165, 1.54) is 4.90 Å². The third-order valence-electron chi connectivity index (χ3n) is 3.53. The first-order valence-corrected chi connectivity index (χ1v) is 9.74. The monoisotopic (exact) mass is 328 g/mol. The highest BCUT2D eigenvalue weighted by Gasteiger charge is 2.35. The maximum atomic E-state index is 12.5. The molecule has 0 bridgehead atoms. The van der Waals surface area contributed by atoms with Crippen LogP contribution >= 0.6 is 11.8 Å². The van der Waals surface area contributed by atoms with E-state index in [0.717, 1.165) is 11.3 Å². The fourth-order valence-electron chi connectivity index (χ4n) is 2.34. The summed E-state index contributed by atoms with van der Waals surface area (Å²) in [5.41, 5.74) is 7.12. The predicted octanol–water partition coefficient (Wildman–Crippen LogP) is 1.15. The van der Waals surface area contributed by atoms with Crippen molar-refractivity contribution in [2.24, 2.45) is 0 Å². The molecule has 2 N–H and O–H groups in total. The third kappa shape index (κ3) is 3.91. The second-order valence-electron chi connectivity index (χ2n) is 4.99. The zero-order chi connectivity index (χ0) is 15.5. The number of amides is 1. The Bertz CT molecular complexity index is 616. The molecule has 0 radical (unpaired) electrons. The van der Waals surface area contributed by atoms with Gasteiger partial charge in [-0.05, 0) is 17.7 Å². The number of benzene rings is 1. The average Bonchev–Trinajstić information content (AvgIpc) is 2.47. The van der Waals surface area contributed by atoms with Gasteiger partial charge in [0, 0.05) is 29.5 Å². The number of carbonyl (C=O) groups is 1. The van der Waals surface area contributed by atoms with Gasteiger partial charge in [-0.15, -0.1) is 0 Å². The van der Waals surface area contributed by atoms with Crippen molar-refractivity contribution in [3.63, 3.8) is 0 Å². The lowest BCUT2D eigenvalue weighted by Crippen LogP contribution is -2.51. The zero-order valence-corrected chi connectivity index (χ0v) is 13.6. The molecule has 0 aliphatic carbocycles. The van der Waals surface area contributed by atoms with Gasteiger partial charge in [-0.2, -0.15) is 11.8 Å². The van der Waals surface area contributed by atoms with Gasteiger partial charge in [-0.1, -0.05) is 19.1 Å². The number of thioether (sulfide) groups is 1. The van der Waals surface area contributed by atoms with E-state index in [1.54, 1.807) is 36.9 Å². The van der Waals surface area contributed by atoms with Gasteiger partial charge >= 0.3 is 0 Å². The summed E-state index contributed by atoms with van der Waals surface area (Å²) in [7, 11) is -3.26. The van der Waals surface area contributed by atoms with Crippen LogP contribution in [0.1, 0.15) is 12.5 Å². The minimum absolute atomic E-state index is 0.0558. The summed E-state index contributed by atoms with van der Waals surface area (Å²) in [6, 6.07) is 7.14. The molecule has 1 heterocycles.